The van der Waals surface area contributed by atoms with E-state index >= 15 is 0 Å². The highest BCUT2D eigenvalue weighted by molar-refractivity contribution is 5.80. The highest BCUT2D eigenvalue weighted by atomic mass is 16.2. The van der Waals surface area contributed by atoms with Crippen LogP contribution in [0.2, 0.25) is 0 Å². The normalized spacial score (nSPS) is 10.7. The fraction of sp³-hybridized carbons (Fsp3) is 0.600. The van der Waals surface area contributed by atoms with Gasteiger partial charge in [0.1, 0.15) is 5.82 Å². The Bertz CT molecular complexity index is 403. The number of nitrogens with zero attached hydrogens (tertiary/aromatic N) is 2. The number of nitrogens with one attached hydrogen (secondary N) is 2. The Labute approximate surface area is 121 Å². The summed E-state index contributed by atoms with van der Waals surface area (Å²) in [6.45, 7) is 8.13. The molecule has 1 aromatic rings. The lowest BCUT2D eigenvalue weighted by atomic mass is 10.2. The summed E-state index contributed by atoms with van der Waals surface area (Å²) in [6.07, 6.45) is 2.80. The molecule has 1 amide bonds. The van der Waals surface area contributed by atoms with Gasteiger partial charge in [0.15, 0.2) is 0 Å². The van der Waals surface area contributed by atoms with E-state index in [9.17, 15) is 4.79 Å². The van der Waals surface area contributed by atoms with Gasteiger partial charge < -0.3 is 15.5 Å². The van der Waals surface area contributed by atoms with E-state index in [-0.39, 0.29) is 5.91 Å². The number of anilines is 1. The summed E-state index contributed by atoms with van der Waals surface area (Å²) in [5, 5.41) is 6.21. The van der Waals surface area contributed by atoms with E-state index in [4.69, 9.17) is 0 Å². The lowest BCUT2D eigenvalue weighted by Crippen LogP contribution is -2.35. The zero-order valence-corrected chi connectivity index (χ0v) is 12.9. The zero-order chi connectivity index (χ0) is 15.0. The molecule has 20 heavy (non-hydrogen) atoms. The van der Waals surface area contributed by atoms with Crippen molar-refractivity contribution in [3.63, 3.8) is 0 Å². The summed E-state index contributed by atoms with van der Waals surface area (Å²) in [4.78, 5) is 17.9. The van der Waals surface area contributed by atoms with Gasteiger partial charge in [-0.15, -0.1) is 0 Å². The molecule has 0 atom stereocenters. The lowest BCUT2D eigenvalue weighted by molar-refractivity contribution is -0.119. The molecule has 0 unspecified atom stereocenters. The average Bonchev–Trinajstić information content (AvgIpc) is 2.43. The van der Waals surface area contributed by atoms with Crippen molar-refractivity contribution in [1.82, 2.24) is 15.6 Å². The van der Waals surface area contributed by atoms with E-state index < -0.39 is 0 Å². The first-order valence-electron chi connectivity index (χ1n) is 7.19. The minimum Gasteiger partial charge on any atom is -0.355 e. The Morgan fingerprint density at radius 1 is 1.40 bits per heavy atom. The Hall–Kier alpha value is -1.62. The first-order valence-corrected chi connectivity index (χ1v) is 7.19. The summed E-state index contributed by atoms with van der Waals surface area (Å²) in [5.41, 5.74) is 1.14. The van der Waals surface area contributed by atoms with Crippen molar-refractivity contribution in [2.45, 2.75) is 39.8 Å². The summed E-state index contributed by atoms with van der Waals surface area (Å²) in [7, 11) is 1.87. The Balaban J connectivity index is 2.48. The van der Waals surface area contributed by atoms with Crippen LogP contribution in [-0.2, 0) is 11.3 Å². The van der Waals surface area contributed by atoms with Crippen molar-refractivity contribution >= 4 is 11.7 Å². The van der Waals surface area contributed by atoms with E-state index in [0.717, 1.165) is 30.9 Å². The summed E-state index contributed by atoms with van der Waals surface area (Å²) >= 11 is 0. The van der Waals surface area contributed by atoms with Crippen molar-refractivity contribution < 1.29 is 4.79 Å². The molecular weight excluding hydrogens is 252 g/mol. The molecular formula is C15H26N4O. The summed E-state index contributed by atoms with van der Waals surface area (Å²) in [6, 6.07) is 4.45. The van der Waals surface area contributed by atoms with Gasteiger partial charge >= 0.3 is 0 Å². The highest BCUT2D eigenvalue weighted by Gasteiger charge is 2.07. The lowest BCUT2D eigenvalue weighted by Gasteiger charge is -2.18. The van der Waals surface area contributed by atoms with Crippen LogP contribution in [-0.4, -0.2) is 37.1 Å². The number of hydrogen-bond donors (Lipinski definition) is 2. The van der Waals surface area contributed by atoms with Gasteiger partial charge in [0, 0.05) is 32.4 Å². The summed E-state index contributed by atoms with van der Waals surface area (Å²) < 4.78 is 0. The van der Waals surface area contributed by atoms with Crippen LogP contribution >= 0.6 is 0 Å². The molecule has 0 bridgehead atoms. The minimum absolute atomic E-state index is 0.0294. The van der Waals surface area contributed by atoms with Gasteiger partial charge in [-0.05, 0) is 18.1 Å². The van der Waals surface area contributed by atoms with Gasteiger partial charge in [0.2, 0.25) is 5.91 Å². The van der Waals surface area contributed by atoms with Crippen molar-refractivity contribution in [3.05, 3.63) is 23.9 Å². The van der Waals surface area contributed by atoms with Crippen LogP contribution < -0.4 is 15.5 Å². The molecule has 2 N–H and O–H groups in total. The number of rotatable bonds is 8. The van der Waals surface area contributed by atoms with Crippen LogP contribution in [0.5, 0.6) is 0 Å². The van der Waals surface area contributed by atoms with Crippen molar-refractivity contribution in [1.29, 1.82) is 0 Å². The smallest absolute Gasteiger partial charge is 0.239 e. The van der Waals surface area contributed by atoms with E-state index in [0.29, 0.717) is 12.6 Å². The number of amides is 1. The molecule has 5 heteroatoms. The Morgan fingerprint density at radius 2 is 2.15 bits per heavy atom. The minimum atomic E-state index is 0.0294. The second kappa shape index (κ2) is 8.53. The number of carbonyl (C=O) groups excluding carboxylic acids is 1. The maximum Gasteiger partial charge on any atom is 0.239 e. The largest absolute Gasteiger partial charge is 0.355 e. The maximum atomic E-state index is 11.6. The second-order valence-corrected chi connectivity index (χ2v) is 5.27. The second-order valence-electron chi connectivity index (χ2n) is 5.27. The third kappa shape index (κ3) is 6.02. The molecule has 0 saturated heterocycles. The molecule has 0 fully saturated rings. The SMILES string of the molecule is CCCNC(=O)CN(C)c1ccc(CNC(C)C)cn1. The fourth-order valence-electron chi connectivity index (χ4n) is 1.69. The number of carbonyl (C=O) groups is 1. The molecule has 0 aliphatic rings. The third-order valence-corrected chi connectivity index (χ3v) is 2.87. The molecule has 1 rings (SSSR count). The number of hydrogen-bond acceptors (Lipinski definition) is 4. The zero-order valence-electron chi connectivity index (χ0n) is 12.9. The fourth-order valence-corrected chi connectivity index (χ4v) is 1.69. The van der Waals surface area contributed by atoms with Gasteiger partial charge in [-0.2, -0.15) is 0 Å². The number of likely N-dealkylation sites (N-methyl/N-ethyl adjacent to an activating group) is 1. The van der Waals surface area contributed by atoms with E-state index in [1.807, 2.05) is 37.2 Å². The van der Waals surface area contributed by atoms with Crippen LogP contribution in [0, 0.1) is 0 Å². The topological polar surface area (TPSA) is 57.3 Å². The molecule has 1 aromatic heterocycles. The monoisotopic (exact) mass is 278 g/mol. The van der Waals surface area contributed by atoms with Crippen LogP contribution in [0.3, 0.4) is 0 Å². The van der Waals surface area contributed by atoms with Gasteiger partial charge in [0.05, 0.1) is 6.54 Å². The quantitative estimate of drug-likeness (QED) is 0.757. The van der Waals surface area contributed by atoms with Crippen LogP contribution in [0.25, 0.3) is 0 Å². The van der Waals surface area contributed by atoms with Crippen LogP contribution in [0.4, 0.5) is 5.82 Å². The molecule has 0 spiro atoms. The number of aromatic nitrogens is 1. The van der Waals surface area contributed by atoms with Gasteiger partial charge in [0.25, 0.3) is 0 Å². The first-order chi connectivity index (χ1) is 9.52. The van der Waals surface area contributed by atoms with Crippen LogP contribution in [0.15, 0.2) is 18.3 Å². The molecule has 0 aromatic carbocycles. The Kier molecular flexibility index (Phi) is 7.01. The maximum absolute atomic E-state index is 11.6. The predicted molar refractivity (Wildman–Crippen MR) is 82.8 cm³/mol. The molecule has 0 saturated carbocycles. The van der Waals surface area contributed by atoms with Gasteiger partial charge in [-0.3, -0.25) is 4.79 Å². The van der Waals surface area contributed by atoms with E-state index in [1.54, 1.807) is 0 Å². The third-order valence-electron chi connectivity index (χ3n) is 2.87. The Morgan fingerprint density at radius 3 is 2.70 bits per heavy atom. The molecule has 0 aliphatic heterocycles. The molecule has 5 nitrogen and oxygen atoms in total. The van der Waals surface area contributed by atoms with Crippen LogP contribution in [0.1, 0.15) is 32.8 Å². The molecule has 0 aliphatic carbocycles. The van der Waals surface area contributed by atoms with E-state index in [2.05, 4.69) is 29.5 Å². The highest BCUT2D eigenvalue weighted by Crippen LogP contribution is 2.09. The van der Waals surface area contributed by atoms with Crippen molar-refractivity contribution in [3.8, 4) is 0 Å². The van der Waals surface area contributed by atoms with Crippen molar-refractivity contribution in [2.75, 3.05) is 25.0 Å². The first kappa shape index (κ1) is 16.4. The van der Waals surface area contributed by atoms with Gasteiger partial charge in [-0.25, -0.2) is 4.98 Å². The van der Waals surface area contributed by atoms with Crippen molar-refractivity contribution in [2.24, 2.45) is 0 Å². The van der Waals surface area contributed by atoms with E-state index in [1.165, 1.54) is 0 Å². The standard InChI is InChI=1S/C15H26N4O/c1-5-8-16-15(20)11-19(4)14-7-6-13(10-18-14)9-17-12(2)3/h6-7,10,12,17H,5,8-9,11H2,1-4H3,(H,16,20). The molecule has 112 valence electrons. The number of pyridine rings is 1. The molecule has 1 heterocycles. The van der Waals surface area contributed by atoms with Gasteiger partial charge in [-0.1, -0.05) is 26.8 Å². The summed E-state index contributed by atoms with van der Waals surface area (Å²) in [5.74, 6) is 0.839. The molecule has 0 radical (unpaired) electrons. The predicted octanol–water partition coefficient (Wildman–Crippen LogP) is 1.54. The average molecular weight is 278 g/mol.